The monoisotopic (exact) mass is 308 g/mol. The lowest BCUT2D eigenvalue weighted by Crippen LogP contribution is -2.33. The quantitative estimate of drug-likeness (QED) is 0.812. The number of ether oxygens (including phenoxy) is 1. The highest BCUT2D eigenvalue weighted by atomic mass is 35.5. The highest BCUT2D eigenvalue weighted by molar-refractivity contribution is 5.85. The molecule has 1 amide bonds. The SMILES string of the molecule is CNCC(C)C(=O)NCc1ccc(OC(F)F)cc1.Cl. The number of carbonyl (C=O) groups is 1. The van der Waals surface area contributed by atoms with Gasteiger partial charge in [-0.15, -0.1) is 12.4 Å². The lowest BCUT2D eigenvalue weighted by atomic mass is 10.1. The maximum atomic E-state index is 12.0. The van der Waals surface area contributed by atoms with Crippen LogP contribution in [0.4, 0.5) is 8.78 Å². The zero-order chi connectivity index (χ0) is 14.3. The fourth-order valence-corrected chi connectivity index (χ4v) is 1.55. The number of hydrogen-bond acceptors (Lipinski definition) is 3. The van der Waals surface area contributed by atoms with Crippen LogP contribution in [0.2, 0.25) is 0 Å². The first-order valence-corrected chi connectivity index (χ1v) is 5.99. The molecule has 7 heteroatoms. The van der Waals surface area contributed by atoms with E-state index >= 15 is 0 Å². The Morgan fingerprint density at radius 3 is 2.40 bits per heavy atom. The van der Waals surface area contributed by atoms with Gasteiger partial charge in [0.2, 0.25) is 5.91 Å². The van der Waals surface area contributed by atoms with E-state index in [4.69, 9.17) is 0 Å². The number of rotatable bonds is 7. The average Bonchev–Trinajstić information content (AvgIpc) is 2.37. The van der Waals surface area contributed by atoms with Crippen molar-refractivity contribution < 1.29 is 18.3 Å². The number of nitrogens with one attached hydrogen (secondary N) is 2. The van der Waals surface area contributed by atoms with Crippen molar-refractivity contribution in [1.29, 1.82) is 0 Å². The third kappa shape index (κ3) is 6.68. The first-order chi connectivity index (χ1) is 9.02. The van der Waals surface area contributed by atoms with Crippen molar-refractivity contribution in [2.45, 2.75) is 20.1 Å². The van der Waals surface area contributed by atoms with Gasteiger partial charge in [-0.25, -0.2) is 0 Å². The Hall–Kier alpha value is -1.40. The molecule has 0 aliphatic rings. The summed E-state index contributed by atoms with van der Waals surface area (Å²) in [6.07, 6.45) is 0. The van der Waals surface area contributed by atoms with Crippen LogP contribution < -0.4 is 15.4 Å². The van der Waals surface area contributed by atoms with Gasteiger partial charge < -0.3 is 15.4 Å². The number of alkyl halides is 2. The Morgan fingerprint density at radius 2 is 1.90 bits per heavy atom. The molecule has 0 heterocycles. The van der Waals surface area contributed by atoms with E-state index in [-0.39, 0.29) is 30.0 Å². The van der Waals surface area contributed by atoms with Crippen LogP contribution in [-0.4, -0.2) is 26.1 Å². The Morgan fingerprint density at radius 1 is 1.30 bits per heavy atom. The van der Waals surface area contributed by atoms with Crippen LogP contribution in [0, 0.1) is 5.92 Å². The van der Waals surface area contributed by atoms with E-state index in [2.05, 4.69) is 15.4 Å². The van der Waals surface area contributed by atoms with E-state index in [0.717, 1.165) is 5.56 Å². The van der Waals surface area contributed by atoms with Gasteiger partial charge in [-0.3, -0.25) is 4.79 Å². The predicted molar refractivity (Wildman–Crippen MR) is 75.3 cm³/mol. The molecule has 1 atom stereocenters. The van der Waals surface area contributed by atoms with E-state index in [9.17, 15) is 13.6 Å². The minimum atomic E-state index is -2.83. The molecule has 2 N–H and O–H groups in total. The second-order valence-electron chi connectivity index (χ2n) is 4.20. The predicted octanol–water partition coefficient (Wildman–Crippen LogP) is 2.18. The molecule has 0 fully saturated rings. The van der Waals surface area contributed by atoms with Gasteiger partial charge in [0.05, 0.1) is 0 Å². The number of amides is 1. The zero-order valence-corrected chi connectivity index (χ0v) is 12.2. The molecule has 0 saturated carbocycles. The second-order valence-corrected chi connectivity index (χ2v) is 4.20. The van der Waals surface area contributed by atoms with Crippen LogP contribution in [0.1, 0.15) is 12.5 Å². The van der Waals surface area contributed by atoms with Crippen LogP contribution in [0.5, 0.6) is 5.75 Å². The molecule has 1 unspecified atom stereocenters. The van der Waals surface area contributed by atoms with Crippen molar-refractivity contribution >= 4 is 18.3 Å². The first-order valence-electron chi connectivity index (χ1n) is 5.99. The molecule has 114 valence electrons. The summed E-state index contributed by atoms with van der Waals surface area (Å²) in [5, 5.41) is 5.70. The van der Waals surface area contributed by atoms with Gasteiger partial charge in [-0.2, -0.15) is 8.78 Å². The minimum Gasteiger partial charge on any atom is -0.435 e. The molecule has 1 aromatic carbocycles. The van der Waals surface area contributed by atoms with Crippen molar-refractivity contribution in [3.63, 3.8) is 0 Å². The fraction of sp³-hybridized carbons (Fsp3) is 0.462. The molecule has 0 aliphatic heterocycles. The number of halogens is 3. The molecule has 20 heavy (non-hydrogen) atoms. The summed E-state index contributed by atoms with van der Waals surface area (Å²) in [4.78, 5) is 11.6. The molecule has 0 bridgehead atoms. The highest BCUT2D eigenvalue weighted by Crippen LogP contribution is 2.14. The van der Waals surface area contributed by atoms with Crippen LogP contribution in [-0.2, 0) is 11.3 Å². The van der Waals surface area contributed by atoms with Crippen LogP contribution >= 0.6 is 12.4 Å². The highest BCUT2D eigenvalue weighted by Gasteiger charge is 2.11. The smallest absolute Gasteiger partial charge is 0.387 e. The molecule has 1 rings (SSSR count). The Balaban J connectivity index is 0.00000361. The molecular weight excluding hydrogens is 290 g/mol. The second kappa shape index (κ2) is 9.50. The normalized spacial score (nSPS) is 11.7. The van der Waals surface area contributed by atoms with Gasteiger partial charge in [0, 0.05) is 19.0 Å². The van der Waals surface area contributed by atoms with Crippen molar-refractivity contribution in [2.75, 3.05) is 13.6 Å². The molecule has 0 aliphatic carbocycles. The largest absolute Gasteiger partial charge is 0.435 e. The molecule has 0 radical (unpaired) electrons. The Labute approximate surface area is 123 Å². The Bertz CT molecular complexity index is 402. The van der Waals surface area contributed by atoms with E-state index in [0.29, 0.717) is 13.1 Å². The van der Waals surface area contributed by atoms with Crippen LogP contribution in [0.15, 0.2) is 24.3 Å². The topological polar surface area (TPSA) is 50.4 Å². The number of hydrogen-bond donors (Lipinski definition) is 2. The maximum absolute atomic E-state index is 12.0. The van der Waals surface area contributed by atoms with E-state index in [1.54, 1.807) is 19.2 Å². The van der Waals surface area contributed by atoms with Crippen molar-refractivity contribution in [3.05, 3.63) is 29.8 Å². The van der Waals surface area contributed by atoms with Gasteiger partial charge in [-0.05, 0) is 24.7 Å². The van der Waals surface area contributed by atoms with Crippen LogP contribution in [0.25, 0.3) is 0 Å². The number of carbonyl (C=O) groups excluding carboxylic acids is 1. The summed E-state index contributed by atoms with van der Waals surface area (Å²) in [6.45, 7) is -0.0341. The molecule has 0 aromatic heterocycles. The van der Waals surface area contributed by atoms with E-state index in [1.165, 1.54) is 12.1 Å². The summed E-state index contributed by atoms with van der Waals surface area (Å²) in [5.74, 6) is -0.0673. The lowest BCUT2D eigenvalue weighted by molar-refractivity contribution is -0.124. The zero-order valence-electron chi connectivity index (χ0n) is 11.4. The van der Waals surface area contributed by atoms with Gasteiger partial charge in [0.15, 0.2) is 0 Å². The van der Waals surface area contributed by atoms with Gasteiger partial charge >= 0.3 is 6.61 Å². The molecule has 4 nitrogen and oxygen atoms in total. The fourth-order valence-electron chi connectivity index (χ4n) is 1.55. The third-order valence-corrected chi connectivity index (χ3v) is 2.57. The van der Waals surface area contributed by atoms with Crippen molar-refractivity contribution in [1.82, 2.24) is 10.6 Å². The standard InChI is InChI=1S/C13H18F2N2O2.ClH/c1-9(7-16-2)12(18)17-8-10-3-5-11(6-4-10)19-13(14)15;/h3-6,9,13,16H,7-8H2,1-2H3,(H,17,18);1H. The summed E-state index contributed by atoms with van der Waals surface area (Å²) in [6, 6.07) is 6.18. The molecule has 1 aromatic rings. The van der Waals surface area contributed by atoms with E-state index < -0.39 is 6.61 Å². The number of benzene rings is 1. The molecule has 0 spiro atoms. The van der Waals surface area contributed by atoms with Gasteiger partial charge in [0.1, 0.15) is 5.75 Å². The average molecular weight is 309 g/mol. The maximum Gasteiger partial charge on any atom is 0.387 e. The molecule has 0 saturated heterocycles. The molecular formula is C13H19ClF2N2O2. The summed E-state index contributed by atoms with van der Waals surface area (Å²) in [7, 11) is 1.78. The van der Waals surface area contributed by atoms with E-state index in [1.807, 2.05) is 6.92 Å². The minimum absolute atomic E-state index is 0. The summed E-state index contributed by atoms with van der Waals surface area (Å²) >= 11 is 0. The van der Waals surface area contributed by atoms with Crippen molar-refractivity contribution in [3.8, 4) is 5.75 Å². The van der Waals surface area contributed by atoms with Gasteiger partial charge in [0.25, 0.3) is 0 Å². The first kappa shape index (κ1) is 18.6. The summed E-state index contributed by atoms with van der Waals surface area (Å²) in [5.41, 5.74) is 0.826. The lowest BCUT2D eigenvalue weighted by Gasteiger charge is -2.12. The van der Waals surface area contributed by atoms with Crippen LogP contribution in [0.3, 0.4) is 0 Å². The van der Waals surface area contributed by atoms with Crippen molar-refractivity contribution in [2.24, 2.45) is 5.92 Å². The summed E-state index contributed by atoms with van der Waals surface area (Å²) < 4.78 is 28.1. The van der Waals surface area contributed by atoms with Gasteiger partial charge in [-0.1, -0.05) is 19.1 Å². The third-order valence-electron chi connectivity index (χ3n) is 2.57. The Kier molecular flexibility index (Phi) is 8.83.